The summed E-state index contributed by atoms with van der Waals surface area (Å²) >= 11 is 0. The van der Waals surface area contributed by atoms with Gasteiger partial charge in [0.15, 0.2) is 0 Å². The minimum atomic E-state index is -0.728. The Labute approximate surface area is 54.0 Å². The first kappa shape index (κ1) is 8.39. The molecular formula is C5H11N2O2. The Morgan fingerprint density at radius 2 is 2.11 bits per heavy atom. The number of hydrogen-bond acceptors (Lipinski definition) is 3. The Hall–Kier alpha value is -0.610. The minimum Gasteiger partial charge on any atom is -0.379 e. The van der Waals surface area contributed by atoms with Crippen LogP contribution in [-0.2, 0) is 4.79 Å². The highest BCUT2D eigenvalue weighted by molar-refractivity contribution is 5.78. The summed E-state index contributed by atoms with van der Waals surface area (Å²) in [6.45, 7) is 3.03. The number of aliphatic hydroxyl groups is 1. The van der Waals surface area contributed by atoms with E-state index in [1.165, 1.54) is 13.8 Å². The minimum absolute atomic E-state index is 0.579. The molecule has 0 aliphatic carbocycles. The maximum absolute atomic E-state index is 10.2. The standard InChI is InChI=1S/C5H11N2O2/c1-3(5(6)9)7-4(2)8/h3-4,6-8H,1-2H3. The molecule has 0 aromatic heterocycles. The molecule has 0 aromatic rings. The van der Waals surface area contributed by atoms with E-state index in [0.717, 1.165) is 0 Å². The number of carbonyl (C=O) groups excluding carboxylic acids is 1. The van der Waals surface area contributed by atoms with Gasteiger partial charge in [-0.05, 0) is 13.8 Å². The molecule has 3 N–H and O–H groups in total. The molecule has 0 bridgehead atoms. The SMILES string of the molecule is CC(O)NC(C)C([NH])=O. The molecule has 1 radical (unpaired) electrons. The van der Waals surface area contributed by atoms with Crippen LogP contribution < -0.4 is 11.1 Å². The van der Waals surface area contributed by atoms with E-state index in [1.807, 2.05) is 0 Å². The van der Waals surface area contributed by atoms with Crippen LogP contribution in [0.15, 0.2) is 0 Å². The molecule has 0 aromatic carbocycles. The summed E-state index contributed by atoms with van der Waals surface area (Å²) in [6, 6.07) is -0.579. The van der Waals surface area contributed by atoms with E-state index in [9.17, 15) is 4.79 Å². The van der Waals surface area contributed by atoms with Gasteiger partial charge in [-0.15, -0.1) is 0 Å². The summed E-state index contributed by atoms with van der Waals surface area (Å²) in [4.78, 5) is 10.2. The number of hydrogen-bond donors (Lipinski definition) is 2. The normalized spacial score (nSPS) is 16.8. The summed E-state index contributed by atoms with van der Waals surface area (Å²) in [6.07, 6.45) is -0.728. The van der Waals surface area contributed by atoms with Crippen molar-refractivity contribution >= 4 is 5.91 Å². The summed E-state index contributed by atoms with van der Waals surface area (Å²) in [5.74, 6) is -0.712. The lowest BCUT2D eigenvalue weighted by Gasteiger charge is -2.10. The third-order valence-corrected chi connectivity index (χ3v) is 0.884. The molecule has 1 amide bonds. The highest BCUT2D eigenvalue weighted by Gasteiger charge is 2.09. The first-order valence-corrected chi connectivity index (χ1v) is 2.73. The summed E-state index contributed by atoms with van der Waals surface area (Å²) in [5.41, 5.74) is 6.56. The van der Waals surface area contributed by atoms with E-state index in [2.05, 4.69) is 5.32 Å². The van der Waals surface area contributed by atoms with Crippen LogP contribution in [0.2, 0.25) is 0 Å². The van der Waals surface area contributed by atoms with Crippen LogP contribution in [0.25, 0.3) is 0 Å². The van der Waals surface area contributed by atoms with Crippen LogP contribution in [0.3, 0.4) is 0 Å². The maximum atomic E-state index is 10.2. The maximum Gasteiger partial charge on any atom is 0.255 e. The highest BCUT2D eigenvalue weighted by Crippen LogP contribution is 1.81. The summed E-state index contributed by atoms with van der Waals surface area (Å²) in [5, 5.41) is 11.1. The molecule has 53 valence electrons. The zero-order valence-corrected chi connectivity index (χ0v) is 5.51. The first-order valence-electron chi connectivity index (χ1n) is 2.73. The van der Waals surface area contributed by atoms with Crippen molar-refractivity contribution in [1.82, 2.24) is 11.1 Å². The largest absolute Gasteiger partial charge is 0.379 e. The fourth-order valence-electron chi connectivity index (χ4n) is 0.437. The van der Waals surface area contributed by atoms with E-state index >= 15 is 0 Å². The van der Waals surface area contributed by atoms with Crippen LogP contribution in [0.1, 0.15) is 13.8 Å². The van der Waals surface area contributed by atoms with Crippen molar-refractivity contribution in [3.05, 3.63) is 0 Å². The molecule has 0 saturated carbocycles. The molecule has 2 atom stereocenters. The van der Waals surface area contributed by atoms with E-state index in [0.29, 0.717) is 0 Å². The van der Waals surface area contributed by atoms with Gasteiger partial charge in [0.05, 0.1) is 6.04 Å². The van der Waals surface area contributed by atoms with Crippen LogP contribution in [0, 0.1) is 0 Å². The van der Waals surface area contributed by atoms with Crippen LogP contribution >= 0.6 is 0 Å². The third-order valence-electron chi connectivity index (χ3n) is 0.884. The molecule has 0 aliphatic heterocycles. The second kappa shape index (κ2) is 3.42. The number of rotatable bonds is 3. The van der Waals surface area contributed by atoms with Gasteiger partial charge in [0.2, 0.25) is 0 Å². The Morgan fingerprint density at radius 1 is 1.67 bits per heavy atom. The molecule has 0 fully saturated rings. The van der Waals surface area contributed by atoms with Gasteiger partial charge >= 0.3 is 0 Å². The van der Waals surface area contributed by atoms with Crippen molar-refractivity contribution in [3.63, 3.8) is 0 Å². The van der Waals surface area contributed by atoms with E-state index in [-0.39, 0.29) is 0 Å². The van der Waals surface area contributed by atoms with Gasteiger partial charge in [-0.3, -0.25) is 15.8 Å². The van der Waals surface area contributed by atoms with Gasteiger partial charge in [-0.2, -0.15) is 0 Å². The van der Waals surface area contributed by atoms with Crippen LogP contribution in [0.4, 0.5) is 0 Å². The summed E-state index contributed by atoms with van der Waals surface area (Å²) in [7, 11) is 0. The first-order chi connectivity index (χ1) is 4.04. The van der Waals surface area contributed by atoms with Gasteiger partial charge in [-0.25, -0.2) is 0 Å². The van der Waals surface area contributed by atoms with Gasteiger partial charge in [0.25, 0.3) is 5.91 Å². The second-order valence-corrected chi connectivity index (χ2v) is 1.93. The smallest absolute Gasteiger partial charge is 0.255 e. The predicted molar refractivity (Wildman–Crippen MR) is 32.4 cm³/mol. The Kier molecular flexibility index (Phi) is 3.19. The lowest BCUT2D eigenvalue weighted by Crippen LogP contribution is -2.40. The van der Waals surface area contributed by atoms with E-state index < -0.39 is 18.2 Å². The van der Waals surface area contributed by atoms with Gasteiger partial charge in [-0.1, -0.05) is 0 Å². The van der Waals surface area contributed by atoms with Crippen molar-refractivity contribution in [1.29, 1.82) is 0 Å². The summed E-state index contributed by atoms with van der Waals surface area (Å²) < 4.78 is 0. The Bertz CT molecular complexity index is 103. The lowest BCUT2D eigenvalue weighted by molar-refractivity contribution is -0.121. The fraction of sp³-hybridized carbons (Fsp3) is 0.800. The third kappa shape index (κ3) is 3.93. The predicted octanol–water partition coefficient (Wildman–Crippen LogP) is -0.888. The van der Waals surface area contributed by atoms with Crippen molar-refractivity contribution in [3.8, 4) is 0 Å². The number of amides is 1. The van der Waals surface area contributed by atoms with E-state index in [4.69, 9.17) is 10.8 Å². The van der Waals surface area contributed by atoms with Gasteiger partial charge in [0, 0.05) is 0 Å². The van der Waals surface area contributed by atoms with Gasteiger partial charge in [0.1, 0.15) is 6.23 Å². The molecular weight excluding hydrogens is 120 g/mol. The quantitative estimate of drug-likeness (QED) is 0.488. The molecule has 0 saturated heterocycles. The molecule has 2 unspecified atom stereocenters. The van der Waals surface area contributed by atoms with Crippen molar-refractivity contribution in [2.24, 2.45) is 0 Å². The molecule has 4 heteroatoms. The zero-order valence-electron chi connectivity index (χ0n) is 5.51. The average molecular weight is 131 g/mol. The molecule has 0 rings (SSSR count). The lowest BCUT2D eigenvalue weighted by atomic mass is 10.3. The van der Waals surface area contributed by atoms with Gasteiger partial charge < -0.3 is 5.11 Å². The molecule has 0 aliphatic rings. The fourth-order valence-corrected chi connectivity index (χ4v) is 0.437. The van der Waals surface area contributed by atoms with Crippen molar-refractivity contribution in [2.75, 3.05) is 0 Å². The highest BCUT2D eigenvalue weighted by atomic mass is 16.3. The molecule has 4 nitrogen and oxygen atoms in total. The van der Waals surface area contributed by atoms with Crippen LogP contribution in [-0.4, -0.2) is 23.3 Å². The molecule has 0 heterocycles. The second-order valence-electron chi connectivity index (χ2n) is 1.93. The zero-order chi connectivity index (χ0) is 7.44. The Morgan fingerprint density at radius 3 is 2.22 bits per heavy atom. The van der Waals surface area contributed by atoms with Crippen molar-refractivity contribution in [2.45, 2.75) is 26.1 Å². The Balaban J connectivity index is 3.50. The van der Waals surface area contributed by atoms with Crippen LogP contribution in [0.5, 0.6) is 0 Å². The van der Waals surface area contributed by atoms with Crippen molar-refractivity contribution < 1.29 is 9.90 Å². The molecule has 9 heavy (non-hydrogen) atoms. The number of nitrogens with one attached hydrogen (secondary N) is 2. The van der Waals surface area contributed by atoms with E-state index in [1.54, 1.807) is 0 Å². The number of aliphatic hydroxyl groups excluding tert-OH is 1. The topological polar surface area (TPSA) is 73.1 Å². The number of carbonyl (C=O) groups is 1. The monoisotopic (exact) mass is 131 g/mol. The molecule has 0 spiro atoms. The average Bonchev–Trinajstić information content (AvgIpc) is 1.63.